The second-order valence-electron chi connectivity index (χ2n) is 9.10. The smallest absolute Gasteiger partial charge is 0.410 e. The van der Waals surface area contributed by atoms with E-state index in [0.717, 1.165) is 0 Å². The lowest BCUT2D eigenvalue weighted by Gasteiger charge is -2.51. The molecule has 0 atom stereocenters. The number of amides is 2. The van der Waals surface area contributed by atoms with E-state index < -0.39 is 23.3 Å². The van der Waals surface area contributed by atoms with Gasteiger partial charge in [0.15, 0.2) is 11.6 Å². The van der Waals surface area contributed by atoms with E-state index in [9.17, 15) is 19.2 Å². The van der Waals surface area contributed by atoms with Crippen molar-refractivity contribution in [3.8, 4) is 0 Å². The molecule has 5 aliphatic heterocycles. The number of ketones is 2. The quantitative estimate of drug-likeness (QED) is 0.605. The molecular weight excluding hydrogens is 404 g/mol. The summed E-state index contributed by atoms with van der Waals surface area (Å²) >= 11 is 0. The monoisotopic (exact) mass is 436 g/mol. The van der Waals surface area contributed by atoms with Crippen molar-refractivity contribution in [1.82, 2.24) is 20.4 Å². The highest BCUT2D eigenvalue weighted by molar-refractivity contribution is 5.96. The lowest BCUT2D eigenvalue weighted by molar-refractivity contribution is -0.137. The summed E-state index contributed by atoms with van der Waals surface area (Å²) in [5.74, 6) is -0.437. The predicted molar refractivity (Wildman–Crippen MR) is 112 cm³/mol. The Morgan fingerprint density at radius 2 is 1.48 bits per heavy atom. The number of nitrogens with zero attached hydrogens (tertiary/aromatic N) is 2. The van der Waals surface area contributed by atoms with Gasteiger partial charge in [0.2, 0.25) is 0 Å². The van der Waals surface area contributed by atoms with Crippen molar-refractivity contribution < 1.29 is 28.7 Å². The maximum Gasteiger partial charge on any atom is 0.410 e. The van der Waals surface area contributed by atoms with Crippen molar-refractivity contribution in [2.24, 2.45) is 5.92 Å². The molecular formula is C21H32N4O6. The van der Waals surface area contributed by atoms with Crippen molar-refractivity contribution in [2.45, 2.75) is 44.8 Å². The molecule has 31 heavy (non-hydrogen) atoms. The molecule has 2 saturated heterocycles. The van der Waals surface area contributed by atoms with E-state index in [1.807, 2.05) is 13.8 Å². The average Bonchev–Trinajstić information content (AvgIpc) is 2.64. The summed E-state index contributed by atoms with van der Waals surface area (Å²) in [5, 5.41) is 6.42. The van der Waals surface area contributed by atoms with Gasteiger partial charge in [-0.15, -0.1) is 0 Å². The summed E-state index contributed by atoms with van der Waals surface area (Å²) in [6.07, 6.45) is 2.15. The van der Waals surface area contributed by atoms with Gasteiger partial charge in [-0.2, -0.15) is 0 Å². The van der Waals surface area contributed by atoms with Crippen LogP contribution in [0.2, 0.25) is 0 Å². The molecule has 0 aromatic rings. The molecule has 0 unspecified atom stereocenters. The number of hydrogen-bond acceptors (Lipinski definition) is 8. The van der Waals surface area contributed by atoms with E-state index in [1.54, 1.807) is 26.0 Å². The van der Waals surface area contributed by atoms with Gasteiger partial charge < -0.3 is 19.3 Å². The highest BCUT2D eigenvalue weighted by Crippen LogP contribution is 2.28. The molecule has 5 rings (SSSR count). The van der Waals surface area contributed by atoms with E-state index in [1.165, 1.54) is 9.80 Å². The number of hydrogen-bond donors (Lipinski definition) is 2. The maximum absolute atomic E-state index is 13.2. The van der Waals surface area contributed by atoms with Crippen LogP contribution in [0.15, 0.2) is 12.2 Å². The molecule has 0 radical (unpaired) electrons. The minimum absolute atomic E-state index is 0.0272. The van der Waals surface area contributed by atoms with Crippen LogP contribution in [0.1, 0.15) is 27.7 Å². The SMILES string of the molecule is CC(C)NC12CN(C1)C(=O)OC/C=C/COC(=O)N1CC(C(=O)C(C)C)(C1)NCC2=O. The number of nitrogens with one attached hydrogen (secondary N) is 2. The van der Waals surface area contributed by atoms with Crippen LogP contribution in [0.3, 0.4) is 0 Å². The first-order valence-corrected chi connectivity index (χ1v) is 10.7. The molecule has 2 fully saturated rings. The number of rotatable bonds is 4. The summed E-state index contributed by atoms with van der Waals surface area (Å²) in [7, 11) is 0. The fourth-order valence-electron chi connectivity index (χ4n) is 4.25. The van der Waals surface area contributed by atoms with E-state index >= 15 is 0 Å². The Bertz CT molecular complexity index is 766. The van der Waals surface area contributed by atoms with Gasteiger partial charge in [-0.05, 0) is 26.0 Å². The Balaban J connectivity index is 1.80. The van der Waals surface area contributed by atoms with Gasteiger partial charge in [0.05, 0.1) is 32.7 Å². The van der Waals surface area contributed by atoms with Crippen LogP contribution in [0.5, 0.6) is 0 Å². The van der Waals surface area contributed by atoms with Crippen LogP contribution < -0.4 is 10.6 Å². The lowest BCUT2D eigenvalue weighted by Crippen LogP contribution is -2.79. The zero-order valence-corrected chi connectivity index (χ0v) is 18.6. The Kier molecular flexibility index (Phi) is 6.70. The first-order valence-electron chi connectivity index (χ1n) is 10.7. The molecule has 0 aliphatic carbocycles. The fourth-order valence-corrected chi connectivity index (χ4v) is 4.25. The third-order valence-corrected chi connectivity index (χ3v) is 5.81. The minimum atomic E-state index is -0.978. The van der Waals surface area contributed by atoms with E-state index in [0.29, 0.717) is 0 Å². The van der Waals surface area contributed by atoms with Crippen molar-refractivity contribution in [3.63, 3.8) is 0 Å². The van der Waals surface area contributed by atoms with Crippen LogP contribution in [0, 0.1) is 5.92 Å². The van der Waals surface area contributed by atoms with Gasteiger partial charge in [-0.25, -0.2) is 9.59 Å². The molecule has 5 aliphatic rings. The summed E-state index contributed by atoms with van der Waals surface area (Å²) in [4.78, 5) is 53.5. The first-order chi connectivity index (χ1) is 14.6. The zero-order valence-electron chi connectivity index (χ0n) is 18.6. The Labute approximate surface area is 182 Å². The summed E-state index contributed by atoms with van der Waals surface area (Å²) in [5.41, 5.74) is -1.87. The molecule has 0 saturated carbocycles. The molecule has 10 nitrogen and oxygen atoms in total. The van der Waals surface area contributed by atoms with E-state index in [4.69, 9.17) is 9.47 Å². The average molecular weight is 437 g/mol. The predicted octanol–water partition coefficient (Wildman–Crippen LogP) is 0.320. The Morgan fingerprint density at radius 3 is 1.97 bits per heavy atom. The van der Waals surface area contributed by atoms with Crippen molar-refractivity contribution >= 4 is 23.8 Å². The van der Waals surface area contributed by atoms with Crippen molar-refractivity contribution in [2.75, 3.05) is 45.9 Å². The largest absolute Gasteiger partial charge is 0.445 e. The van der Waals surface area contributed by atoms with Gasteiger partial charge in [0, 0.05) is 12.0 Å². The maximum atomic E-state index is 13.2. The molecule has 172 valence electrons. The molecule has 2 N–H and O–H groups in total. The topological polar surface area (TPSA) is 117 Å². The van der Waals surface area contributed by atoms with Crippen LogP contribution in [-0.4, -0.2) is 96.6 Å². The summed E-state index contributed by atoms with van der Waals surface area (Å²) in [6, 6.07) is 0.0272. The molecule has 2 amide bonds. The second-order valence-corrected chi connectivity index (χ2v) is 9.10. The van der Waals surface area contributed by atoms with Crippen LogP contribution in [0.4, 0.5) is 9.59 Å². The number of carbonyl (C=O) groups excluding carboxylic acids is 4. The summed E-state index contributed by atoms with van der Waals surface area (Å²) < 4.78 is 10.4. The highest BCUT2D eigenvalue weighted by Gasteiger charge is 2.55. The fraction of sp³-hybridized carbons (Fsp3) is 0.714. The van der Waals surface area contributed by atoms with Crippen molar-refractivity contribution in [3.05, 3.63) is 12.2 Å². The van der Waals surface area contributed by atoms with Gasteiger partial charge in [0.25, 0.3) is 0 Å². The van der Waals surface area contributed by atoms with Gasteiger partial charge in [-0.1, -0.05) is 13.8 Å². The third kappa shape index (κ3) is 4.74. The molecule has 0 spiro atoms. The van der Waals surface area contributed by atoms with Crippen LogP contribution in [0.25, 0.3) is 0 Å². The number of ether oxygens (including phenoxy) is 2. The second kappa shape index (κ2) is 8.96. The Hall–Kier alpha value is -2.46. The first kappa shape index (κ1) is 23.2. The zero-order chi connectivity index (χ0) is 22.8. The van der Waals surface area contributed by atoms with Gasteiger partial charge in [-0.3, -0.25) is 20.2 Å². The number of carbonyl (C=O) groups is 4. The normalized spacial score (nSPS) is 30.8. The molecule has 10 heteroatoms. The van der Waals surface area contributed by atoms with Crippen LogP contribution >= 0.6 is 0 Å². The number of Topliss-reactive ketones (excluding diaryl/α,β-unsaturated/α-hetero) is 2. The molecule has 5 heterocycles. The molecule has 0 aromatic heterocycles. The van der Waals surface area contributed by atoms with Crippen molar-refractivity contribution in [1.29, 1.82) is 0 Å². The molecule has 4 bridgehead atoms. The van der Waals surface area contributed by atoms with Gasteiger partial charge in [0.1, 0.15) is 24.3 Å². The van der Waals surface area contributed by atoms with Gasteiger partial charge >= 0.3 is 12.2 Å². The Morgan fingerprint density at radius 1 is 0.968 bits per heavy atom. The van der Waals surface area contributed by atoms with E-state index in [2.05, 4.69) is 10.6 Å². The van der Waals surface area contributed by atoms with E-state index in [-0.39, 0.29) is 69.5 Å². The summed E-state index contributed by atoms with van der Waals surface area (Å²) in [6.45, 7) is 8.20. The minimum Gasteiger partial charge on any atom is -0.445 e. The highest BCUT2D eigenvalue weighted by atomic mass is 16.6. The molecule has 0 aromatic carbocycles. The standard InChI is InChI=1S/C21H32N4O6/c1-14(2)17(27)21-12-25(13-21)19(29)31-8-6-5-7-30-18(28)24-10-20(11-24,23-15(3)4)16(26)9-22-21/h5-6,14-15,22-23H,7-13H2,1-4H3/b6-5+. The lowest BCUT2D eigenvalue weighted by atomic mass is 9.79. The van der Waals surface area contributed by atoms with Crippen LogP contribution in [-0.2, 0) is 19.1 Å². The third-order valence-electron chi connectivity index (χ3n) is 5.81.